The van der Waals surface area contributed by atoms with Crippen molar-refractivity contribution < 1.29 is 8.42 Å². The van der Waals surface area contributed by atoms with Crippen LogP contribution in [0, 0.1) is 0 Å². The normalized spacial score (nSPS) is 15.5. The number of nitrogens with one attached hydrogen (secondary N) is 2. The quantitative estimate of drug-likeness (QED) is 0.330. The van der Waals surface area contributed by atoms with Gasteiger partial charge < -0.3 is 10.6 Å². The molecule has 29 heavy (non-hydrogen) atoms. The lowest BCUT2D eigenvalue weighted by molar-refractivity contribution is 0.520. The van der Waals surface area contributed by atoms with Crippen molar-refractivity contribution in [3.05, 3.63) is 65.7 Å². The Morgan fingerprint density at radius 3 is 2.17 bits per heavy atom. The number of hydrogen-bond acceptors (Lipinski definition) is 3. The van der Waals surface area contributed by atoms with Crippen LogP contribution in [-0.4, -0.2) is 46.4 Å². The van der Waals surface area contributed by atoms with Crippen LogP contribution < -0.4 is 10.6 Å². The maximum absolute atomic E-state index is 12.1. The first kappa shape index (κ1) is 23.6. The lowest BCUT2D eigenvalue weighted by atomic mass is 9.96. The third-order valence-electron chi connectivity index (χ3n) is 5.22. The number of hydrogen-bond donors (Lipinski definition) is 2. The number of nitrogens with zero attached hydrogens (tertiary/aromatic N) is 2. The summed E-state index contributed by atoms with van der Waals surface area (Å²) in [5.74, 6) is 0.743. The minimum absolute atomic E-state index is 0. The monoisotopic (exact) mass is 528 g/mol. The van der Waals surface area contributed by atoms with Gasteiger partial charge in [-0.2, -0.15) is 0 Å². The summed E-state index contributed by atoms with van der Waals surface area (Å²) >= 11 is 0. The lowest BCUT2D eigenvalue weighted by Crippen LogP contribution is -2.40. The Hall–Kier alpha value is -1.65. The Kier molecular flexibility index (Phi) is 8.07. The van der Waals surface area contributed by atoms with Gasteiger partial charge in [-0.25, -0.2) is 12.7 Å². The van der Waals surface area contributed by atoms with E-state index in [1.54, 1.807) is 19.2 Å². The number of guanidine groups is 1. The zero-order valence-electron chi connectivity index (χ0n) is 17.1. The molecule has 0 aromatic heterocycles. The summed E-state index contributed by atoms with van der Waals surface area (Å²) in [5.41, 5.74) is 2.57. The molecule has 0 radical (unpaired) electrons. The first-order chi connectivity index (χ1) is 13.4. The van der Waals surface area contributed by atoms with Crippen LogP contribution in [-0.2, 0) is 22.0 Å². The van der Waals surface area contributed by atoms with Gasteiger partial charge in [0.15, 0.2) is 5.96 Å². The maximum Gasteiger partial charge on any atom is 0.242 e. The van der Waals surface area contributed by atoms with E-state index >= 15 is 0 Å². The van der Waals surface area contributed by atoms with Gasteiger partial charge in [0.25, 0.3) is 0 Å². The van der Waals surface area contributed by atoms with Crippen molar-refractivity contribution in [1.29, 1.82) is 0 Å². The first-order valence-electron chi connectivity index (χ1n) is 9.39. The number of rotatable bonds is 7. The lowest BCUT2D eigenvalue weighted by Gasteiger charge is -2.19. The van der Waals surface area contributed by atoms with Crippen LogP contribution in [0.1, 0.15) is 24.0 Å². The van der Waals surface area contributed by atoms with Gasteiger partial charge in [-0.1, -0.05) is 42.5 Å². The molecule has 2 aromatic rings. The van der Waals surface area contributed by atoms with Crippen molar-refractivity contribution >= 4 is 40.0 Å². The van der Waals surface area contributed by atoms with E-state index < -0.39 is 10.0 Å². The summed E-state index contributed by atoms with van der Waals surface area (Å²) in [4.78, 5) is 4.59. The van der Waals surface area contributed by atoms with Crippen LogP contribution in [0.3, 0.4) is 0 Å². The molecule has 0 amide bonds. The average molecular weight is 528 g/mol. The molecule has 0 unspecified atom stereocenters. The molecule has 2 aromatic carbocycles. The predicted molar refractivity (Wildman–Crippen MR) is 128 cm³/mol. The van der Waals surface area contributed by atoms with Crippen molar-refractivity contribution in [2.45, 2.75) is 29.7 Å². The zero-order valence-corrected chi connectivity index (χ0v) is 20.2. The average Bonchev–Trinajstić information content (AvgIpc) is 3.50. The fourth-order valence-corrected chi connectivity index (χ4v) is 4.06. The Morgan fingerprint density at radius 1 is 1.03 bits per heavy atom. The van der Waals surface area contributed by atoms with E-state index in [1.165, 1.54) is 36.8 Å². The Labute approximate surface area is 190 Å². The van der Waals surface area contributed by atoms with Gasteiger partial charge in [-0.05, 0) is 36.1 Å². The Bertz CT molecular complexity index is 925. The molecule has 8 heteroatoms. The molecule has 0 aliphatic heterocycles. The van der Waals surface area contributed by atoms with Gasteiger partial charge in [0.05, 0.1) is 4.90 Å². The van der Waals surface area contributed by atoms with Crippen molar-refractivity contribution in [3.63, 3.8) is 0 Å². The first-order valence-corrected chi connectivity index (χ1v) is 10.8. The predicted octanol–water partition coefficient (Wildman–Crippen LogP) is 2.95. The van der Waals surface area contributed by atoms with Crippen LogP contribution in [0.15, 0.2) is 64.5 Å². The van der Waals surface area contributed by atoms with Crippen molar-refractivity contribution in [2.75, 3.05) is 27.7 Å². The van der Waals surface area contributed by atoms with E-state index in [0.29, 0.717) is 11.4 Å². The number of halogens is 1. The fourth-order valence-electron chi connectivity index (χ4n) is 3.16. The minimum atomic E-state index is -3.40. The van der Waals surface area contributed by atoms with Crippen LogP contribution in [0.5, 0.6) is 0 Å². The second-order valence-electron chi connectivity index (χ2n) is 7.36. The summed E-state index contributed by atoms with van der Waals surface area (Å²) in [6, 6.07) is 17.5. The topological polar surface area (TPSA) is 73.8 Å². The van der Waals surface area contributed by atoms with Crippen LogP contribution in [0.4, 0.5) is 0 Å². The number of benzene rings is 2. The van der Waals surface area contributed by atoms with Gasteiger partial charge in [0.2, 0.25) is 10.0 Å². The highest BCUT2D eigenvalue weighted by molar-refractivity contribution is 14.0. The van der Waals surface area contributed by atoms with E-state index in [0.717, 1.165) is 18.1 Å². The smallest absolute Gasteiger partial charge is 0.242 e. The largest absolute Gasteiger partial charge is 0.356 e. The maximum atomic E-state index is 12.1. The highest BCUT2D eigenvalue weighted by Crippen LogP contribution is 2.47. The summed E-state index contributed by atoms with van der Waals surface area (Å²) in [6.07, 6.45) is 2.37. The van der Waals surface area contributed by atoms with E-state index in [1.807, 2.05) is 18.2 Å². The Morgan fingerprint density at radius 2 is 1.66 bits per heavy atom. The van der Waals surface area contributed by atoms with Crippen molar-refractivity contribution in [1.82, 2.24) is 14.9 Å². The molecule has 0 atom stereocenters. The van der Waals surface area contributed by atoms with Crippen LogP contribution >= 0.6 is 24.0 Å². The van der Waals surface area contributed by atoms with E-state index in [-0.39, 0.29) is 29.4 Å². The fraction of sp³-hybridized carbons (Fsp3) is 0.381. The second kappa shape index (κ2) is 9.90. The second-order valence-corrected chi connectivity index (χ2v) is 9.51. The van der Waals surface area contributed by atoms with Crippen LogP contribution in [0.25, 0.3) is 0 Å². The van der Waals surface area contributed by atoms with Crippen molar-refractivity contribution in [3.8, 4) is 0 Å². The molecular weight excluding hydrogens is 499 g/mol. The SMILES string of the molecule is CN=C(NCc1ccc(S(=O)(=O)N(C)C)cc1)NCC1(c2ccccc2)CC1.I. The van der Waals surface area contributed by atoms with Gasteiger partial charge in [-0.15, -0.1) is 24.0 Å². The zero-order chi connectivity index (χ0) is 20.2. The van der Waals surface area contributed by atoms with E-state index in [9.17, 15) is 8.42 Å². The highest BCUT2D eigenvalue weighted by atomic mass is 127. The van der Waals surface area contributed by atoms with E-state index in [4.69, 9.17) is 0 Å². The third-order valence-corrected chi connectivity index (χ3v) is 7.05. The van der Waals surface area contributed by atoms with Crippen LogP contribution in [0.2, 0.25) is 0 Å². The molecule has 0 saturated heterocycles. The highest BCUT2D eigenvalue weighted by Gasteiger charge is 2.43. The molecule has 1 aliphatic carbocycles. The summed E-state index contributed by atoms with van der Waals surface area (Å²) < 4.78 is 25.5. The standard InChI is InChI=1S/C21H28N4O2S.HI/c1-22-20(24-16-21(13-14-21)18-7-5-4-6-8-18)23-15-17-9-11-19(12-10-17)28(26,27)25(2)3;/h4-12H,13-16H2,1-3H3,(H2,22,23,24);1H. The molecule has 1 saturated carbocycles. The molecule has 0 bridgehead atoms. The van der Waals surface area contributed by atoms with Gasteiger partial charge in [0.1, 0.15) is 0 Å². The molecular formula is C21H29IN4O2S. The number of aliphatic imine (C=N–C) groups is 1. The van der Waals surface area contributed by atoms with Gasteiger partial charge in [0, 0.05) is 39.6 Å². The molecule has 2 N–H and O–H groups in total. The summed E-state index contributed by atoms with van der Waals surface area (Å²) in [6.45, 7) is 1.41. The molecule has 1 aliphatic rings. The molecule has 0 spiro atoms. The van der Waals surface area contributed by atoms with Crippen molar-refractivity contribution in [2.24, 2.45) is 4.99 Å². The summed E-state index contributed by atoms with van der Waals surface area (Å²) in [7, 11) is 1.42. The number of sulfonamides is 1. The Balaban J connectivity index is 0.00000300. The molecule has 6 nitrogen and oxygen atoms in total. The molecule has 158 valence electrons. The third kappa shape index (κ3) is 5.70. The van der Waals surface area contributed by atoms with E-state index in [2.05, 4.69) is 39.9 Å². The molecule has 3 rings (SSSR count). The van der Waals surface area contributed by atoms with Gasteiger partial charge >= 0.3 is 0 Å². The molecule has 0 heterocycles. The minimum Gasteiger partial charge on any atom is -0.356 e. The molecule has 1 fully saturated rings. The van der Waals surface area contributed by atoms with Gasteiger partial charge in [-0.3, -0.25) is 4.99 Å². The summed E-state index contributed by atoms with van der Waals surface area (Å²) in [5, 5.41) is 6.73.